The first kappa shape index (κ1) is 41.0. The van der Waals surface area contributed by atoms with Gasteiger partial charge in [-0.15, -0.1) is 0 Å². The number of carbonyl (C=O) groups is 6. The van der Waals surface area contributed by atoms with E-state index in [1.807, 2.05) is 0 Å². The number of nitrogens with zero attached hydrogens (tertiary/aromatic N) is 4. The highest BCUT2D eigenvalue weighted by Crippen LogP contribution is 2.26. The number of benzene rings is 1. The highest BCUT2D eigenvalue weighted by Gasteiger charge is 2.43. The molecule has 19 nitrogen and oxygen atoms in total. The fourth-order valence-electron chi connectivity index (χ4n) is 6.25. The van der Waals surface area contributed by atoms with Crippen molar-refractivity contribution in [3.8, 4) is 0 Å². The number of aliphatic imine (C=N–C) groups is 2. The van der Waals surface area contributed by atoms with Crippen molar-refractivity contribution in [1.82, 2.24) is 25.8 Å². The summed E-state index contributed by atoms with van der Waals surface area (Å²) in [5.74, 6) is -4.10. The summed E-state index contributed by atoms with van der Waals surface area (Å²) in [6.45, 7) is 0.541. The van der Waals surface area contributed by atoms with Gasteiger partial charge >= 0.3 is 5.97 Å². The van der Waals surface area contributed by atoms with Gasteiger partial charge in [0.2, 0.25) is 29.5 Å². The lowest BCUT2D eigenvalue weighted by atomic mass is 10.1. The molecule has 0 aliphatic carbocycles. The predicted molar refractivity (Wildman–Crippen MR) is 192 cm³/mol. The molecule has 52 heavy (non-hydrogen) atoms. The van der Waals surface area contributed by atoms with Crippen LogP contribution in [0.3, 0.4) is 0 Å². The minimum absolute atomic E-state index is 0.0612. The van der Waals surface area contributed by atoms with E-state index in [-0.39, 0.29) is 57.4 Å². The van der Waals surface area contributed by atoms with Crippen LogP contribution in [0.15, 0.2) is 40.3 Å². The maximum atomic E-state index is 13.9. The van der Waals surface area contributed by atoms with E-state index in [1.54, 1.807) is 30.3 Å². The Morgan fingerprint density at radius 2 is 1.40 bits per heavy atom. The molecule has 5 amide bonds. The van der Waals surface area contributed by atoms with Gasteiger partial charge in [-0.05, 0) is 56.9 Å². The lowest BCUT2D eigenvalue weighted by molar-refractivity contribution is -0.148. The summed E-state index contributed by atoms with van der Waals surface area (Å²) in [5, 5.41) is 17.3. The molecule has 5 unspecified atom stereocenters. The standard InChI is InChI=1S/C33H52N12O7/c34-21(10-4-14-39-32(35)36)27(47)43-22(11-5-15-40-33(37)38)29(49)45-17-7-13-25(45)30(50)44-16-6-12-24(44)28(48)41-19-26(46)42-23(31(51)52)18-20-8-2-1-3-9-20/h1-3,8-9,21-25H,4-7,10-19,34H2,(H,41,48)(H,42,46)(H,43,47)(H,51,52)(H4,35,36,39)(H4,37,38,40). The van der Waals surface area contributed by atoms with E-state index in [0.717, 1.165) is 5.56 Å². The molecule has 0 spiro atoms. The summed E-state index contributed by atoms with van der Waals surface area (Å²) in [6.07, 6.45) is 3.03. The van der Waals surface area contributed by atoms with Gasteiger partial charge in [0.25, 0.3) is 0 Å². The number of nitrogens with one attached hydrogen (secondary N) is 3. The second kappa shape index (κ2) is 20.4. The van der Waals surface area contributed by atoms with E-state index >= 15 is 0 Å². The zero-order valence-electron chi connectivity index (χ0n) is 29.2. The average molecular weight is 729 g/mol. The van der Waals surface area contributed by atoms with Gasteiger partial charge < -0.3 is 59.5 Å². The Labute approximate surface area is 302 Å². The molecule has 2 heterocycles. The molecule has 14 N–H and O–H groups in total. The molecule has 2 aliphatic rings. The van der Waals surface area contributed by atoms with Crippen LogP contribution in [0.4, 0.5) is 0 Å². The molecular formula is C33H52N12O7. The summed E-state index contributed by atoms with van der Waals surface area (Å²) in [7, 11) is 0. The predicted octanol–water partition coefficient (Wildman–Crippen LogP) is -3.18. The second-order valence-electron chi connectivity index (χ2n) is 12.8. The number of carbonyl (C=O) groups excluding carboxylic acids is 5. The van der Waals surface area contributed by atoms with E-state index in [2.05, 4.69) is 25.9 Å². The molecule has 2 aliphatic heterocycles. The number of carboxylic acids is 1. The first-order valence-electron chi connectivity index (χ1n) is 17.4. The van der Waals surface area contributed by atoms with E-state index in [0.29, 0.717) is 38.5 Å². The van der Waals surface area contributed by atoms with Crippen LogP contribution < -0.4 is 44.6 Å². The number of guanidine groups is 2. The van der Waals surface area contributed by atoms with Gasteiger partial charge in [-0.3, -0.25) is 34.0 Å². The van der Waals surface area contributed by atoms with Crippen molar-refractivity contribution in [2.45, 2.75) is 88.0 Å². The van der Waals surface area contributed by atoms with Gasteiger partial charge in [0.15, 0.2) is 11.9 Å². The zero-order valence-corrected chi connectivity index (χ0v) is 29.2. The molecular weight excluding hydrogens is 676 g/mol. The van der Waals surface area contributed by atoms with Crippen LogP contribution in [-0.2, 0) is 35.2 Å². The van der Waals surface area contributed by atoms with E-state index < -0.39 is 72.3 Å². The van der Waals surface area contributed by atoms with Crippen molar-refractivity contribution in [3.05, 3.63) is 35.9 Å². The van der Waals surface area contributed by atoms with Crippen molar-refractivity contribution in [2.24, 2.45) is 38.7 Å². The number of carboxylic acid groups (broad SMARTS) is 1. The van der Waals surface area contributed by atoms with Crippen LogP contribution in [0.5, 0.6) is 0 Å². The van der Waals surface area contributed by atoms with Crippen LogP contribution in [0, 0.1) is 0 Å². The van der Waals surface area contributed by atoms with Crippen LogP contribution in [0.2, 0.25) is 0 Å². The molecule has 0 aromatic heterocycles. The molecule has 1 aromatic rings. The van der Waals surface area contributed by atoms with Crippen molar-refractivity contribution in [2.75, 3.05) is 32.7 Å². The highest BCUT2D eigenvalue weighted by molar-refractivity contribution is 5.96. The molecule has 286 valence electrons. The maximum absolute atomic E-state index is 13.9. The third-order valence-corrected chi connectivity index (χ3v) is 8.86. The Morgan fingerprint density at radius 3 is 2.02 bits per heavy atom. The number of amides is 5. The largest absolute Gasteiger partial charge is 0.480 e. The number of hydrogen-bond acceptors (Lipinski definition) is 9. The van der Waals surface area contributed by atoms with Crippen molar-refractivity contribution >= 4 is 47.4 Å². The average Bonchev–Trinajstić information content (AvgIpc) is 3.80. The summed E-state index contributed by atoms with van der Waals surface area (Å²) in [4.78, 5) is 89.2. The van der Waals surface area contributed by atoms with Crippen LogP contribution >= 0.6 is 0 Å². The summed E-state index contributed by atoms with van der Waals surface area (Å²) in [6, 6.07) is 3.89. The monoisotopic (exact) mass is 728 g/mol. The third-order valence-electron chi connectivity index (χ3n) is 8.86. The van der Waals surface area contributed by atoms with Crippen LogP contribution in [0.1, 0.15) is 56.9 Å². The number of rotatable bonds is 19. The second-order valence-corrected chi connectivity index (χ2v) is 12.8. The van der Waals surface area contributed by atoms with Gasteiger partial charge in [-0.2, -0.15) is 0 Å². The fourth-order valence-corrected chi connectivity index (χ4v) is 6.25. The van der Waals surface area contributed by atoms with Gasteiger partial charge in [-0.25, -0.2) is 4.79 Å². The van der Waals surface area contributed by atoms with Crippen LogP contribution in [0.25, 0.3) is 0 Å². The molecule has 5 atom stereocenters. The topological polar surface area (TPSA) is 320 Å². The van der Waals surface area contributed by atoms with E-state index in [1.165, 1.54) is 9.80 Å². The summed E-state index contributed by atoms with van der Waals surface area (Å²) >= 11 is 0. The Morgan fingerprint density at radius 1 is 0.808 bits per heavy atom. The number of nitrogens with two attached hydrogens (primary N) is 5. The fraction of sp³-hybridized carbons (Fsp3) is 0.576. The minimum atomic E-state index is -1.22. The quantitative estimate of drug-likeness (QED) is 0.0387. The summed E-state index contributed by atoms with van der Waals surface area (Å²) < 4.78 is 0. The van der Waals surface area contributed by atoms with Gasteiger partial charge in [0, 0.05) is 32.6 Å². The SMILES string of the molecule is NC(N)=NCCCC(N)C(=O)NC(CCCN=C(N)N)C(=O)N1CCCC1C(=O)N1CCCC1C(=O)NCC(=O)NC(Cc1ccccc1)C(=O)O. The first-order valence-corrected chi connectivity index (χ1v) is 17.4. The van der Waals surface area contributed by atoms with Crippen molar-refractivity contribution < 1.29 is 33.9 Å². The molecule has 0 saturated carbocycles. The molecule has 2 saturated heterocycles. The Balaban J connectivity index is 1.63. The van der Waals surface area contributed by atoms with E-state index in [4.69, 9.17) is 28.7 Å². The minimum Gasteiger partial charge on any atom is -0.480 e. The van der Waals surface area contributed by atoms with E-state index in [9.17, 15) is 33.9 Å². The zero-order chi connectivity index (χ0) is 38.2. The molecule has 1 aromatic carbocycles. The van der Waals surface area contributed by atoms with Crippen molar-refractivity contribution in [1.29, 1.82) is 0 Å². The van der Waals surface area contributed by atoms with Gasteiger partial charge in [0.05, 0.1) is 12.6 Å². The normalized spacial score (nSPS) is 18.4. The highest BCUT2D eigenvalue weighted by atomic mass is 16.4. The lowest BCUT2D eigenvalue weighted by Crippen LogP contribution is -2.57. The summed E-state index contributed by atoms with van der Waals surface area (Å²) in [5.41, 5.74) is 28.3. The van der Waals surface area contributed by atoms with Crippen molar-refractivity contribution in [3.63, 3.8) is 0 Å². The smallest absolute Gasteiger partial charge is 0.326 e. The van der Waals surface area contributed by atoms with Gasteiger partial charge in [0.1, 0.15) is 24.2 Å². The number of hydrogen-bond donors (Lipinski definition) is 9. The Bertz CT molecular complexity index is 1470. The van der Waals surface area contributed by atoms with Gasteiger partial charge in [-0.1, -0.05) is 30.3 Å². The Hall–Kier alpha value is -5.46. The van der Waals surface area contributed by atoms with Crippen LogP contribution in [-0.4, -0.2) is 125 Å². The number of aliphatic carboxylic acids is 1. The first-order chi connectivity index (χ1) is 24.8. The Kier molecular flexibility index (Phi) is 16.1. The molecule has 2 fully saturated rings. The molecule has 0 radical (unpaired) electrons. The lowest BCUT2D eigenvalue weighted by Gasteiger charge is -2.33. The number of likely N-dealkylation sites (tertiary alicyclic amines) is 2. The third kappa shape index (κ3) is 12.7. The molecule has 3 rings (SSSR count). The molecule has 19 heteroatoms. The molecule has 0 bridgehead atoms. The maximum Gasteiger partial charge on any atom is 0.326 e.